The first-order valence-electron chi connectivity index (χ1n) is 8.05. The molecule has 2 unspecified atom stereocenters. The highest BCUT2D eigenvalue weighted by molar-refractivity contribution is 6.48. The van der Waals surface area contributed by atoms with Crippen LogP contribution in [-0.4, -0.2) is 27.4 Å². The average molecular weight is 382 g/mol. The van der Waals surface area contributed by atoms with Gasteiger partial charge in [0.25, 0.3) is 5.91 Å². The van der Waals surface area contributed by atoms with Gasteiger partial charge in [0.1, 0.15) is 5.92 Å². The van der Waals surface area contributed by atoms with Crippen molar-refractivity contribution in [2.45, 2.75) is 6.04 Å². The minimum Gasteiger partial charge on any atom is -0.461 e. The number of nitrogens with zero attached hydrogens (tertiary/aromatic N) is 3. The lowest BCUT2D eigenvalue weighted by Gasteiger charge is -2.25. The first-order valence-corrected chi connectivity index (χ1v) is 8.43. The number of furan rings is 1. The molecule has 134 valence electrons. The SMILES string of the molecule is O=C1C(=O)N(c2ncccn2)C(c2ccc(Cl)cc2)C1C(=O)c1ccco1. The van der Waals surface area contributed by atoms with E-state index in [9.17, 15) is 14.4 Å². The summed E-state index contributed by atoms with van der Waals surface area (Å²) in [5, 5.41) is 0.492. The number of aromatic nitrogens is 2. The summed E-state index contributed by atoms with van der Waals surface area (Å²) >= 11 is 5.96. The van der Waals surface area contributed by atoms with E-state index in [1.807, 2.05) is 0 Å². The summed E-state index contributed by atoms with van der Waals surface area (Å²) in [5.74, 6) is -3.46. The minimum absolute atomic E-state index is 0.0101. The fourth-order valence-corrected chi connectivity index (χ4v) is 3.26. The Morgan fingerprint density at radius 1 is 1.04 bits per heavy atom. The van der Waals surface area contributed by atoms with E-state index >= 15 is 0 Å². The van der Waals surface area contributed by atoms with Gasteiger partial charge in [-0.05, 0) is 35.9 Å². The highest BCUT2D eigenvalue weighted by atomic mass is 35.5. The first kappa shape index (κ1) is 17.1. The Labute approximate surface area is 158 Å². The van der Waals surface area contributed by atoms with Gasteiger partial charge in [-0.15, -0.1) is 0 Å². The van der Waals surface area contributed by atoms with Gasteiger partial charge in [0, 0.05) is 17.4 Å². The van der Waals surface area contributed by atoms with Crippen LogP contribution >= 0.6 is 11.6 Å². The maximum atomic E-state index is 12.9. The fourth-order valence-electron chi connectivity index (χ4n) is 3.14. The highest BCUT2D eigenvalue weighted by Gasteiger charge is 2.53. The van der Waals surface area contributed by atoms with Crippen LogP contribution in [0.1, 0.15) is 22.2 Å². The molecule has 3 aromatic rings. The number of benzene rings is 1. The van der Waals surface area contributed by atoms with Gasteiger partial charge in [0.15, 0.2) is 5.76 Å². The van der Waals surface area contributed by atoms with Crippen molar-refractivity contribution < 1.29 is 18.8 Å². The molecule has 2 aromatic heterocycles. The molecule has 1 aliphatic heterocycles. The van der Waals surface area contributed by atoms with Gasteiger partial charge < -0.3 is 4.42 Å². The van der Waals surface area contributed by atoms with Crippen LogP contribution in [0.3, 0.4) is 0 Å². The van der Waals surface area contributed by atoms with E-state index in [4.69, 9.17) is 16.0 Å². The van der Waals surface area contributed by atoms with E-state index in [0.717, 1.165) is 4.90 Å². The van der Waals surface area contributed by atoms with E-state index in [-0.39, 0.29) is 11.7 Å². The molecule has 3 heterocycles. The summed E-state index contributed by atoms with van der Waals surface area (Å²) in [5.41, 5.74) is 0.566. The predicted molar refractivity (Wildman–Crippen MR) is 95.2 cm³/mol. The molecule has 0 bridgehead atoms. The van der Waals surface area contributed by atoms with E-state index in [1.54, 1.807) is 36.4 Å². The van der Waals surface area contributed by atoms with Crippen molar-refractivity contribution in [3.63, 3.8) is 0 Å². The van der Waals surface area contributed by atoms with Gasteiger partial charge in [-0.25, -0.2) is 9.97 Å². The van der Waals surface area contributed by atoms with Crippen LogP contribution < -0.4 is 4.90 Å². The lowest BCUT2D eigenvalue weighted by Crippen LogP contribution is -2.32. The smallest absolute Gasteiger partial charge is 0.298 e. The first-order chi connectivity index (χ1) is 13.1. The maximum absolute atomic E-state index is 12.9. The quantitative estimate of drug-likeness (QED) is 0.392. The van der Waals surface area contributed by atoms with E-state index < -0.39 is 29.4 Å². The Balaban J connectivity index is 1.86. The number of carbonyl (C=O) groups excluding carboxylic acids is 3. The number of amides is 1. The molecule has 1 saturated heterocycles. The van der Waals surface area contributed by atoms with Crippen LogP contribution in [0.4, 0.5) is 5.95 Å². The Hall–Kier alpha value is -3.32. The van der Waals surface area contributed by atoms with Gasteiger partial charge in [0.05, 0.1) is 12.3 Å². The molecule has 1 fully saturated rings. The molecular weight excluding hydrogens is 370 g/mol. The van der Waals surface area contributed by atoms with Crippen LogP contribution in [0, 0.1) is 5.92 Å². The molecule has 1 amide bonds. The molecule has 0 radical (unpaired) electrons. The number of hydrogen-bond acceptors (Lipinski definition) is 6. The molecule has 0 N–H and O–H groups in total. The van der Waals surface area contributed by atoms with Crippen LogP contribution in [0.5, 0.6) is 0 Å². The zero-order valence-electron chi connectivity index (χ0n) is 13.8. The number of rotatable bonds is 4. The Bertz CT molecular complexity index is 1000. The summed E-state index contributed by atoms with van der Waals surface area (Å²) in [7, 11) is 0. The van der Waals surface area contributed by atoms with Crippen molar-refractivity contribution >= 4 is 35.0 Å². The highest BCUT2D eigenvalue weighted by Crippen LogP contribution is 2.40. The molecule has 1 aromatic carbocycles. The number of hydrogen-bond donors (Lipinski definition) is 0. The monoisotopic (exact) mass is 381 g/mol. The minimum atomic E-state index is -1.27. The van der Waals surface area contributed by atoms with Gasteiger partial charge in [0.2, 0.25) is 17.5 Å². The third kappa shape index (κ3) is 2.92. The van der Waals surface area contributed by atoms with Crippen molar-refractivity contribution in [3.8, 4) is 0 Å². The second-order valence-electron chi connectivity index (χ2n) is 5.90. The molecule has 2 atom stereocenters. The van der Waals surface area contributed by atoms with E-state index in [1.165, 1.54) is 24.7 Å². The van der Waals surface area contributed by atoms with Crippen molar-refractivity contribution in [2.75, 3.05) is 4.90 Å². The molecule has 8 heteroatoms. The summed E-state index contributed by atoms with van der Waals surface area (Å²) < 4.78 is 5.15. The molecule has 1 aliphatic rings. The summed E-state index contributed by atoms with van der Waals surface area (Å²) in [4.78, 5) is 47.7. The lowest BCUT2D eigenvalue weighted by molar-refractivity contribution is -0.135. The Kier molecular flexibility index (Phi) is 4.29. The maximum Gasteiger partial charge on any atom is 0.298 e. The normalized spacial score (nSPS) is 19.5. The zero-order valence-corrected chi connectivity index (χ0v) is 14.5. The van der Waals surface area contributed by atoms with Crippen LogP contribution in [0.2, 0.25) is 5.02 Å². The predicted octanol–water partition coefficient (Wildman–Crippen LogP) is 2.88. The van der Waals surface area contributed by atoms with Gasteiger partial charge in [-0.1, -0.05) is 23.7 Å². The molecular formula is C19H12ClN3O4. The molecule has 7 nitrogen and oxygen atoms in total. The summed E-state index contributed by atoms with van der Waals surface area (Å²) in [6, 6.07) is 10.3. The van der Waals surface area contributed by atoms with Crippen molar-refractivity contribution in [1.82, 2.24) is 9.97 Å². The van der Waals surface area contributed by atoms with E-state index in [2.05, 4.69) is 9.97 Å². The van der Waals surface area contributed by atoms with Gasteiger partial charge in [-0.3, -0.25) is 19.3 Å². The third-order valence-electron chi connectivity index (χ3n) is 4.33. The molecule has 0 spiro atoms. The van der Waals surface area contributed by atoms with Crippen molar-refractivity contribution in [3.05, 3.63) is 77.5 Å². The number of anilines is 1. The van der Waals surface area contributed by atoms with E-state index in [0.29, 0.717) is 10.6 Å². The Morgan fingerprint density at radius 2 is 1.74 bits per heavy atom. The number of carbonyl (C=O) groups is 3. The van der Waals surface area contributed by atoms with Crippen molar-refractivity contribution in [1.29, 1.82) is 0 Å². The van der Waals surface area contributed by atoms with Gasteiger partial charge in [-0.2, -0.15) is 0 Å². The second-order valence-corrected chi connectivity index (χ2v) is 6.34. The number of halogens is 1. The Morgan fingerprint density at radius 3 is 2.37 bits per heavy atom. The topological polar surface area (TPSA) is 93.4 Å². The summed E-state index contributed by atoms with van der Waals surface area (Å²) in [6.07, 6.45) is 4.26. The average Bonchev–Trinajstić information content (AvgIpc) is 3.31. The van der Waals surface area contributed by atoms with Crippen molar-refractivity contribution in [2.24, 2.45) is 5.92 Å². The number of Topliss-reactive ketones (excluding diaryl/α,β-unsaturated/α-hetero) is 2. The molecule has 4 rings (SSSR count). The zero-order chi connectivity index (χ0) is 19.0. The second kappa shape index (κ2) is 6.77. The van der Waals surface area contributed by atoms with Crippen LogP contribution in [0.15, 0.2) is 65.5 Å². The van der Waals surface area contributed by atoms with Gasteiger partial charge >= 0.3 is 0 Å². The molecule has 27 heavy (non-hydrogen) atoms. The largest absolute Gasteiger partial charge is 0.461 e. The molecule has 0 saturated carbocycles. The fraction of sp³-hybridized carbons (Fsp3) is 0.105. The van der Waals surface area contributed by atoms with Crippen LogP contribution in [-0.2, 0) is 9.59 Å². The summed E-state index contributed by atoms with van der Waals surface area (Å²) in [6.45, 7) is 0. The molecule has 0 aliphatic carbocycles. The van der Waals surface area contributed by atoms with Crippen LogP contribution in [0.25, 0.3) is 0 Å². The standard InChI is InChI=1S/C19H12ClN3O4/c20-12-6-4-11(5-7-12)15-14(16(24)13-3-1-10-27-13)17(25)18(26)23(15)19-21-8-2-9-22-19/h1-10,14-15H. The lowest BCUT2D eigenvalue weighted by atomic mass is 9.88. The third-order valence-corrected chi connectivity index (χ3v) is 4.58. The number of ketones is 2.